The third-order valence-electron chi connectivity index (χ3n) is 5.12. The SMILES string of the molecule is CCOC(=O)CON=C(C(=O)NC1C(=O)N2C(C(=O)O)=C(CSc3nnnn3C)CS[C@@H]12)c1csc(N)n1. The number of esters is 1. The number of nitrogens with one attached hydrogen (secondary N) is 1. The van der Waals surface area contributed by atoms with Crippen molar-refractivity contribution >= 4 is 69.5 Å². The zero-order valence-electron chi connectivity index (χ0n) is 19.9. The van der Waals surface area contributed by atoms with Crippen molar-refractivity contribution in [2.24, 2.45) is 12.2 Å². The Morgan fingerprint density at radius 3 is 2.82 bits per heavy atom. The molecule has 0 saturated carbocycles. The van der Waals surface area contributed by atoms with Gasteiger partial charge in [0.25, 0.3) is 11.8 Å². The number of carbonyl (C=O) groups is 4. The van der Waals surface area contributed by atoms with Crippen LogP contribution in [0.3, 0.4) is 0 Å². The summed E-state index contributed by atoms with van der Waals surface area (Å²) in [5.41, 5.74) is 5.83. The van der Waals surface area contributed by atoms with Crippen LogP contribution in [0.2, 0.25) is 0 Å². The summed E-state index contributed by atoms with van der Waals surface area (Å²) in [6.45, 7) is 1.23. The average molecular weight is 584 g/mol. The highest BCUT2D eigenvalue weighted by Crippen LogP contribution is 2.41. The number of thioether (sulfide) groups is 2. The number of aromatic nitrogens is 5. The van der Waals surface area contributed by atoms with Crippen molar-refractivity contribution in [2.45, 2.75) is 23.5 Å². The van der Waals surface area contributed by atoms with Crippen LogP contribution in [0.15, 0.2) is 27.0 Å². The van der Waals surface area contributed by atoms with Crippen molar-refractivity contribution in [1.82, 2.24) is 35.4 Å². The molecule has 1 unspecified atom stereocenters. The van der Waals surface area contributed by atoms with Crippen molar-refractivity contribution in [3.63, 3.8) is 0 Å². The Kier molecular flexibility index (Phi) is 8.47. The van der Waals surface area contributed by atoms with Crippen molar-refractivity contribution in [3.8, 4) is 0 Å². The number of ether oxygens (including phenoxy) is 1. The summed E-state index contributed by atoms with van der Waals surface area (Å²) < 4.78 is 6.21. The van der Waals surface area contributed by atoms with Crippen LogP contribution in [0.1, 0.15) is 12.6 Å². The number of rotatable bonds is 11. The molecule has 2 aromatic heterocycles. The monoisotopic (exact) mass is 583 g/mol. The summed E-state index contributed by atoms with van der Waals surface area (Å²) in [5.74, 6) is -2.78. The van der Waals surface area contributed by atoms with Crippen LogP contribution in [-0.2, 0) is 35.8 Å². The maximum absolute atomic E-state index is 13.1. The van der Waals surface area contributed by atoms with Crippen LogP contribution in [0.5, 0.6) is 0 Å². The number of oxime groups is 1. The molecule has 2 amide bonds. The van der Waals surface area contributed by atoms with Crippen LogP contribution in [-0.4, -0.2) is 101 Å². The predicted octanol–water partition coefficient (Wildman–Crippen LogP) is -0.936. The van der Waals surface area contributed by atoms with E-state index in [1.807, 2.05) is 0 Å². The second kappa shape index (κ2) is 11.8. The second-order valence-corrected chi connectivity index (χ2v) is 10.5. The van der Waals surface area contributed by atoms with Crippen molar-refractivity contribution < 1.29 is 33.9 Å². The van der Waals surface area contributed by atoms with E-state index in [2.05, 4.69) is 31.0 Å². The lowest BCUT2D eigenvalue weighted by molar-refractivity contribution is -0.150. The summed E-state index contributed by atoms with van der Waals surface area (Å²) in [4.78, 5) is 59.8. The van der Waals surface area contributed by atoms with E-state index in [0.29, 0.717) is 16.5 Å². The van der Waals surface area contributed by atoms with E-state index >= 15 is 0 Å². The molecule has 1 fully saturated rings. The third-order valence-corrected chi connectivity index (χ3v) is 8.23. The van der Waals surface area contributed by atoms with Crippen molar-refractivity contribution in [3.05, 3.63) is 22.3 Å². The number of anilines is 1. The molecule has 2 aliphatic rings. The van der Waals surface area contributed by atoms with E-state index in [1.165, 1.54) is 33.6 Å². The maximum Gasteiger partial charge on any atom is 0.352 e. The molecular weight excluding hydrogens is 562 g/mol. The number of hydrogen-bond donors (Lipinski definition) is 3. The fraction of sp³-hybridized carbons (Fsp3) is 0.421. The van der Waals surface area contributed by atoms with Crippen molar-refractivity contribution in [2.75, 3.05) is 30.5 Å². The fourth-order valence-electron chi connectivity index (χ4n) is 3.45. The number of carbonyl (C=O) groups excluding carboxylic acids is 3. The zero-order valence-corrected chi connectivity index (χ0v) is 22.3. The lowest BCUT2D eigenvalue weighted by Gasteiger charge is -2.49. The van der Waals surface area contributed by atoms with E-state index in [0.717, 1.165) is 16.2 Å². The number of carboxylic acid groups (broad SMARTS) is 1. The van der Waals surface area contributed by atoms with Gasteiger partial charge in [-0.3, -0.25) is 14.5 Å². The number of aryl methyl sites for hydroxylation is 1. The van der Waals surface area contributed by atoms with Gasteiger partial charge in [0.15, 0.2) is 10.8 Å². The number of tetrazole rings is 1. The van der Waals surface area contributed by atoms with Crippen molar-refractivity contribution in [1.29, 1.82) is 0 Å². The Morgan fingerprint density at radius 1 is 1.39 bits per heavy atom. The Labute approximate surface area is 227 Å². The largest absolute Gasteiger partial charge is 0.477 e. The first-order valence-electron chi connectivity index (χ1n) is 10.8. The van der Waals surface area contributed by atoms with Gasteiger partial charge in [-0.2, -0.15) is 0 Å². The standard InChI is InChI=1S/C19H21N9O7S3/c1-3-34-10(29)4-35-24-11(9-7-37-18(20)21-9)14(30)22-12-15(31)28-13(17(32)33)8(5-36-16(12)28)6-38-19-23-25-26-27(19)2/h7,12,16H,3-6H2,1-2H3,(H2,20,21)(H,22,30)(H,32,33)/t12?,16-/m0/s1. The Hall–Kier alpha value is -3.71. The molecule has 0 spiro atoms. The quantitative estimate of drug-likeness (QED) is 0.0957. The van der Waals surface area contributed by atoms with Gasteiger partial charge in [0.1, 0.15) is 22.8 Å². The molecule has 0 aromatic carbocycles. The van der Waals surface area contributed by atoms with Gasteiger partial charge in [0.2, 0.25) is 11.8 Å². The van der Waals surface area contributed by atoms with Crippen LogP contribution in [0.25, 0.3) is 0 Å². The number of nitrogens with zero attached hydrogens (tertiary/aromatic N) is 7. The highest BCUT2D eigenvalue weighted by Gasteiger charge is 2.54. The van der Waals surface area contributed by atoms with E-state index in [9.17, 15) is 24.3 Å². The van der Waals surface area contributed by atoms with Gasteiger partial charge < -0.3 is 25.7 Å². The number of aliphatic carboxylic acids is 1. The molecule has 4 N–H and O–H groups in total. The molecule has 0 radical (unpaired) electrons. The number of thiazole rings is 1. The van der Waals surface area contributed by atoms with Gasteiger partial charge in [0, 0.05) is 23.9 Å². The summed E-state index contributed by atoms with van der Waals surface area (Å²) in [7, 11) is 1.66. The predicted molar refractivity (Wildman–Crippen MR) is 135 cm³/mol. The molecule has 1 saturated heterocycles. The summed E-state index contributed by atoms with van der Waals surface area (Å²) in [5, 5.41) is 28.8. The molecule has 2 aliphatic heterocycles. The molecule has 4 rings (SSSR count). The molecule has 38 heavy (non-hydrogen) atoms. The fourth-order valence-corrected chi connectivity index (χ4v) is 6.33. The van der Waals surface area contributed by atoms with E-state index in [1.54, 1.807) is 14.0 Å². The van der Waals surface area contributed by atoms with E-state index in [-0.39, 0.29) is 34.6 Å². The minimum atomic E-state index is -1.26. The molecule has 0 bridgehead atoms. The number of carboxylic acids is 1. The van der Waals surface area contributed by atoms with Crippen LogP contribution in [0, 0.1) is 0 Å². The molecule has 202 valence electrons. The van der Waals surface area contributed by atoms with Crippen LogP contribution < -0.4 is 11.1 Å². The highest BCUT2D eigenvalue weighted by molar-refractivity contribution is 8.01. The molecular formula is C19H21N9O7S3. The minimum absolute atomic E-state index is 0.0810. The number of fused-ring (bicyclic) bond motifs is 1. The number of β-lactam (4-membered cyclic amide) rings is 1. The Balaban J connectivity index is 1.47. The van der Waals surface area contributed by atoms with Gasteiger partial charge in [-0.05, 0) is 22.9 Å². The van der Waals surface area contributed by atoms with E-state index in [4.69, 9.17) is 15.3 Å². The summed E-state index contributed by atoms with van der Waals surface area (Å²) >= 11 is 3.61. The Morgan fingerprint density at radius 2 is 2.18 bits per heavy atom. The lowest BCUT2D eigenvalue weighted by Crippen LogP contribution is -2.71. The van der Waals surface area contributed by atoms with Gasteiger partial charge in [-0.15, -0.1) is 28.2 Å². The smallest absolute Gasteiger partial charge is 0.352 e. The number of hydrogen-bond acceptors (Lipinski definition) is 15. The molecule has 19 heteroatoms. The van der Waals surface area contributed by atoms with Crippen LogP contribution >= 0.6 is 34.9 Å². The molecule has 16 nitrogen and oxygen atoms in total. The topological polar surface area (TPSA) is 217 Å². The number of nitrogen functional groups attached to an aromatic ring is 1. The van der Waals surface area contributed by atoms with Gasteiger partial charge in [0.05, 0.1) is 6.61 Å². The third kappa shape index (κ3) is 5.73. The summed E-state index contributed by atoms with van der Waals surface area (Å²) in [6.07, 6.45) is 0. The van der Waals surface area contributed by atoms with Gasteiger partial charge in [-0.1, -0.05) is 16.9 Å². The van der Waals surface area contributed by atoms with Crippen LogP contribution in [0.4, 0.5) is 5.13 Å². The normalized spacial score (nSPS) is 19.1. The Bertz CT molecular complexity index is 1320. The van der Waals surface area contributed by atoms with Gasteiger partial charge >= 0.3 is 11.9 Å². The average Bonchev–Trinajstić information content (AvgIpc) is 3.50. The highest BCUT2D eigenvalue weighted by atomic mass is 32.2. The first-order valence-corrected chi connectivity index (χ1v) is 13.8. The number of amides is 2. The summed E-state index contributed by atoms with van der Waals surface area (Å²) in [6, 6.07) is -1.02. The zero-order chi connectivity index (χ0) is 27.4. The maximum atomic E-state index is 13.1. The van der Waals surface area contributed by atoms with E-state index < -0.39 is 41.8 Å². The van der Waals surface area contributed by atoms with Gasteiger partial charge in [-0.25, -0.2) is 19.3 Å². The molecule has 0 aliphatic carbocycles. The molecule has 2 aromatic rings. The number of nitrogens with two attached hydrogens (primary N) is 1. The second-order valence-electron chi connectivity index (χ2n) is 7.58. The first-order chi connectivity index (χ1) is 18.2. The lowest BCUT2D eigenvalue weighted by atomic mass is 10.0. The minimum Gasteiger partial charge on any atom is -0.477 e. The molecule has 2 atom stereocenters. The first kappa shape index (κ1) is 27.3. The molecule has 4 heterocycles.